The molecule has 0 atom stereocenters. The number of hydrogen-bond donors (Lipinski definition) is 4. The Morgan fingerprint density at radius 2 is 1.54 bits per heavy atom. The summed E-state index contributed by atoms with van der Waals surface area (Å²) in [6.45, 7) is -0.205. The molecule has 0 aromatic heterocycles. The molecule has 1 fully saturated rings. The van der Waals surface area contributed by atoms with Crippen molar-refractivity contribution < 1.29 is 14.4 Å². The second kappa shape index (κ2) is 8.95. The fraction of sp³-hybridized carbons (Fsp3) is 0.211. The number of benzene rings is 2. The molecular formula is C19H18Cl2N4O3. The number of carbonyl (C=O) groups excluding carboxylic acids is 3. The van der Waals surface area contributed by atoms with Gasteiger partial charge in [0.15, 0.2) is 0 Å². The Balaban J connectivity index is 1.45. The lowest BCUT2D eigenvalue weighted by Crippen LogP contribution is -2.32. The van der Waals surface area contributed by atoms with Crippen LogP contribution in [0.25, 0.3) is 0 Å². The third-order valence-corrected chi connectivity index (χ3v) is 4.67. The molecule has 146 valence electrons. The first-order valence-corrected chi connectivity index (χ1v) is 9.37. The molecule has 2 aromatic rings. The van der Waals surface area contributed by atoms with Crippen molar-refractivity contribution in [2.24, 2.45) is 0 Å². The van der Waals surface area contributed by atoms with Gasteiger partial charge in [-0.1, -0.05) is 23.2 Å². The van der Waals surface area contributed by atoms with Crippen LogP contribution in [0.1, 0.15) is 23.2 Å². The number of urea groups is 1. The predicted octanol–water partition coefficient (Wildman–Crippen LogP) is 3.65. The number of amides is 4. The Morgan fingerprint density at radius 3 is 2.14 bits per heavy atom. The molecule has 9 heteroatoms. The quantitative estimate of drug-likeness (QED) is 0.573. The van der Waals surface area contributed by atoms with Crippen LogP contribution in [-0.4, -0.2) is 30.4 Å². The maximum absolute atomic E-state index is 12.1. The van der Waals surface area contributed by atoms with Crippen molar-refractivity contribution in [1.82, 2.24) is 10.6 Å². The van der Waals surface area contributed by atoms with Gasteiger partial charge in [0, 0.05) is 23.0 Å². The van der Waals surface area contributed by atoms with E-state index in [1.165, 1.54) is 18.2 Å². The number of nitrogens with one attached hydrogen (secondary N) is 4. The van der Waals surface area contributed by atoms with Gasteiger partial charge in [-0.2, -0.15) is 0 Å². The first-order valence-electron chi connectivity index (χ1n) is 8.61. The van der Waals surface area contributed by atoms with Gasteiger partial charge in [-0.15, -0.1) is 0 Å². The van der Waals surface area contributed by atoms with E-state index < -0.39 is 5.91 Å². The maximum Gasteiger partial charge on any atom is 0.319 e. The number of halogens is 2. The summed E-state index contributed by atoms with van der Waals surface area (Å²) in [6, 6.07) is 11.2. The lowest BCUT2D eigenvalue weighted by atomic mass is 10.2. The monoisotopic (exact) mass is 420 g/mol. The summed E-state index contributed by atoms with van der Waals surface area (Å²) in [4.78, 5) is 35.7. The van der Waals surface area contributed by atoms with Crippen LogP contribution in [0.3, 0.4) is 0 Å². The Hall–Kier alpha value is -2.77. The van der Waals surface area contributed by atoms with E-state index >= 15 is 0 Å². The summed E-state index contributed by atoms with van der Waals surface area (Å²) in [7, 11) is 0. The van der Waals surface area contributed by atoms with E-state index in [1.54, 1.807) is 24.3 Å². The van der Waals surface area contributed by atoms with Gasteiger partial charge < -0.3 is 21.3 Å². The molecule has 0 unspecified atom stereocenters. The lowest BCUT2D eigenvalue weighted by molar-refractivity contribution is -0.115. The van der Waals surface area contributed by atoms with E-state index in [0.717, 1.165) is 12.8 Å². The molecule has 4 N–H and O–H groups in total. The van der Waals surface area contributed by atoms with Crippen molar-refractivity contribution in [2.75, 3.05) is 17.2 Å². The molecular weight excluding hydrogens is 403 g/mol. The van der Waals surface area contributed by atoms with E-state index in [0.29, 0.717) is 22.0 Å². The van der Waals surface area contributed by atoms with Crippen LogP contribution in [-0.2, 0) is 4.79 Å². The van der Waals surface area contributed by atoms with Crippen LogP contribution in [0.2, 0.25) is 10.0 Å². The Kier molecular flexibility index (Phi) is 6.38. The molecule has 3 rings (SSSR count). The number of hydrogen-bond acceptors (Lipinski definition) is 3. The molecule has 0 spiro atoms. The van der Waals surface area contributed by atoms with Crippen molar-refractivity contribution in [3.05, 3.63) is 58.1 Å². The fourth-order valence-corrected chi connectivity index (χ4v) is 2.62. The van der Waals surface area contributed by atoms with E-state index in [-0.39, 0.29) is 29.5 Å². The molecule has 0 aliphatic heterocycles. The van der Waals surface area contributed by atoms with Gasteiger partial charge in [-0.3, -0.25) is 9.59 Å². The number of anilines is 2. The second-order valence-corrected chi connectivity index (χ2v) is 7.12. The van der Waals surface area contributed by atoms with Crippen LogP contribution in [0, 0.1) is 0 Å². The fourth-order valence-electron chi connectivity index (χ4n) is 2.32. The highest BCUT2D eigenvalue weighted by Crippen LogP contribution is 2.22. The van der Waals surface area contributed by atoms with Crippen molar-refractivity contribution in [2.45, 2.75) is 18.9 Å². The molecule has 0 bridgehead atoms. The zero-order chi connectivity index (χ0) is 20.1. The minimum atomic E-state index is -0.435. The van der Waals surface area contributed by atoms with Gasteiger partial charge in [0.2, 0.25) is 5.91 Å². The van der Waals surface area contributed by atoms with E-state index in [2.05, 4.69) is 21.3 Å². The van der Waals surface area contributed by atoms with E-state index in [9.17, 15) is 14.4 Å². The molecule has 2 aromatic carbocycles. The van der Waals surface area contributed by atoms with E-state index in [1.807, 2.05) is 0 Å². The van der Waals surface area contributed by atoms with Gasteiger partial charge in [-0.05, 0) is 55.3 Å². The van der Waals surface area contributed by atoms with Crippen LogP contribution < -0.4 is 21.3 Å². The standard InChI is InChI=1S/C19H18Cl2N4O3/c20-15-8-1-11(9-16(15)21)18(27)22-10-17(26)23-12-2-4-13(5-3-12)24-19(28)25-14-6-7-14/h1-5,8-9,14H,6-7,10H2,(H,22,27)(H,23,26)(H2,24,25,28). The van der Waals surface area contributed by atoms with Gasteiger partial charge in [0.25, 0.3) is 5.91 Å². The van der Waals surface area contributed by atoms with Gasteiger partial charge in [0.1, 0.15) is 0 Å². The molecule has 0 radical (unpaired) electrons. The molecule has 0 saturated heterocycles. The summed E-state index contributed by atoms with van der Waals surface area (Å²) in [6.07, 6.45) is 2.03. The average molecular weight is 421 g/mol. The van der Waals surface area contributed by atoms with Crippen molar-refractivity contribution in [3.8, 4) is 0 Å². The molecule has 1 aliphatic carbocycles. The first kappa shape index (κ1) is 20.0. The maximum atomic E-state index is 12.1. The Labute approximate surface area is 171 Å². The minimum absolute atomic E-state index is 0.205. The van der Waals surface area contributed by atoms with Crippen LogP contribution in [0.4, 0.5) is 16.2 Å². The normalized spacial score (nSPS) is 12.8. The van der Waals surface area contributed by atoms with Crippen molar-refractivity contribution in [1.29, 1.82) is 0 Å². The van der Waals surface area contributed by atoms with Crippen molar-refractivity contribution >= 4 is 52.4 Å². The SMILES string of the molecule is O=C(CNC(=O)c1ccc(Cl)c(Cl)c1)Nc1ccc(NC(=O)NC2CC2)cc1. The Bertz CT molecular complexity index is 899. The average Bonchev–Trinajstić information content (AvgIpc) is 3.47. The first-order chi connectivity index (χ1) is 13.4. The van der Waals surface area contributed by atoms with E-state index in [4.69, 9.17) is 23.2 Å². The zero-order valence-corrected chi connectivity index (χ0v) is 16.2. The molecule has 28 heavy (non-hydrogen) atoms. The van der Waals surface area contributed by atoms with Crippen molar-refractivity contribution in [3.63, 3.8) is 0 Å². The lowest BCUT2D eigenvalue weighted by Gasteiger charge is -2.09. The highest BCUT2D eigenvalue weighted by Gasteiger charge is 2.23. The smallest absolute Gasteiger partial charge is 0.319 e. The molecule has 1 aliphatic rings. The van der Waals surface area contributed by atoms with Gasteiger partial charge in [0.05, 0.1) is 16.6 Å². The summed E-state index contributed by atoms with van der Waals surface area (Å²) >= 11 is 11.7. The van der Waals surface area contributed by atoms with Crippen LogP contribution in [0.5, 0.6) is 0 Å². The number of carbonyl (C=O) groups is 3. The molecule has 4 amide bonds. The predicted molar refractivity (Wildman–Crippen MR) is 109 cm³/mol. The van der Waals surface area contributed by atoms with Crippen LogP contribution >= 0.6 is 23.2 Å². The zero-order valence-electron chi connectivity index (χ0n) is 14.7. The van der Waals surface area contributed by atoms with Crippen LogP contribution in [0.15, 0.2) is 42.5 Å². The Morgan fingerprint density at radius 1 is 0.893 bits per heavy atom. The van der Waals surface area contributed by atoms with Gasteiger partial charge in [-0.25, -0.2) is 4.79 Å². The summed E-state index contributed by atoms with van der Waals surface area (Å²) in [5.74, 6) is -0.824. The topological polar surface area (TPSA) is 99.3 Å². The third kappa shape index (κ3) is 5.87. The largest absolute Gasteiger partial charge is 0.343 e. The highest BCUT2D eigenvalue weighted by molar-refractivity contribution is 6.42. The third-order valence-electron chi connectivity index (χ3n) is 3.93. The summed E-state index contributed by atoms with van der Waals surface area (Å²) < 4.78 is 0. The summed E-state index contributed by atoms with van der Waals surface area (Å²) in [5, 5.41) is 11.3. The highest BCUT2D eigenvalue weighted by atomic mass is 35.5. The molecule has 0 heterocycles. The minimum Gasteiger partial charge on any atom is -0.343 e. The summed E-state index contributed by atoms with van der Waals surface area (Å²) in [5.41, 5.74) is 1.47. The van der Waals surface area contributed by atoms with Gasteiger partial charge >= 0.3 is 6.03 Å². The molecule has 1 saturated carbocycles. The second-order valence-electron chi connectivity index (χ2n) is 6.31. The molecule has 7 nitrogen and oxygen atoms in total. The number of rotatable bonds is 6.